The molecule has 1 aliphatic heterocycles. The first-order valence-electron chi connectivity index (χ1n) is 7.80. The lowest BCUT2D eigenvalue weighted by molar-refractivity contribution is -0.119. The molecule has 9 heteroatoms. The first-order chi connectivity index (χ1) is 12.0. The van der Waals surface area contributed by atoms with Gasteiger partial charge >= 0.3 is 0 Å². The van der Waals surface area contributed by atoms with Crippen molar-refractivity contribution in [3.63, 3.8) is 0 Å². The van der Waals surface area contributed by atoms with Gasteiger partial charge in [0, 0.05) is 31.6 Å². The van der Waals surface area contributed by atoms with E-state index in [0.717, 1.165) is 37.6 Å². The number of nitrogens with zero attached hydrogens (tertiary/aromatic N) is 3. The maximum atomic E-state index is 12.4. The molecule has 0 spiro atoms. The van der Waals surface area contributed by atoms with Gasteiger partial charge in [-0.15, -0.1) is 11.3 Å². The van der Waals surface area contributed by atoms with Gasteiger partial charge in [-0.1, -0.05) is 12.1 Å². The highest BCUT2D eigenvalue weighted by Gasteiger charge is 2.21. The second kappa shape index (κ2) is 7.94. The molecule has 0 atom stereocenters. The van der Waals surface area contributed by atoms with E-state index in [-0.39, 0.29) is 18.4 Å². The maximum Gasteiger partial charge on any atom is 0.275 e. The average molecular weight is 424 g/mol. The summed E-state index contributed by atoms with van der Waals surface area (Å²) in [6.07, 6.45) is 0. The van der Waals surface area contributed by atoms with Crippen LogP contribution in [0, 0.1) is 0 Å². The summed E-state index contributed by atoms with van der Waals surface area (Å²) < 4.78 is 0.677. The molecule has 1 saturated heterocycles. The molecule has 0 saturated carbocycles. The number of hydrogen-bond donors (Lipinski definition) is 2. The number of primary amides is 1. The summed E-state index contributed by atoms with van der Waals surface area (Å²) in [5, 5.41) is 4.65. The molecule has 2 heterocycles. The summed E-state index contributed by atoms with van der Waals surface area (Å²) in [6.45, 7) is 3.32. The van der Waals surface area contributed by atoms with Gasteiger partial charge in [-0.3, -0.25) is 14.5 Å². The standard InChI is InChI=1S/C16H18BrN5O2S/c17-16-20-12(10-25-16)15(24)19-11-3-1-2-4-13(11)22-7-5-21(6-8-22)9-14(18)23/h1-4,10H,5-9H2,(H2,18,23)(H,19,24). The Kier molecular flexibility index (Phi) is 5.67. The second-order valence-corrected chi connectivity index (χ2v) is 7.82. The zero-order chi connectivity index (χ0) is 17.8. The molecule has 132 valence electrons. The number of amides is 2. The number of thiazole rings is 1. The van der Waals surface area contributed by atoms with E-state index >= 15 is 0 Å². The smallest absolute Gasteiger partial charge is 0.275 e. The number of piperazine rings is 1. The molecule has 0 radical (unpaired) electrons. The van der Waals surface area contributed by atoms with Crippen LogP contribution in [0.4, 0.5) is 11.4 Å². The third-order valence-electron chi connectivity index (χ3n) is 3.95. The number of nitrogens with two attached hydrogens (primary N) is 1. The molecular weight excluding hydrogens is 406 g/mol. The minimum atomic E-state index is -0.310. The summed E-state index contributed by atoms with van der Waals surface area (Å²) in [5.41, 5.74) is 7.35. The summed E-state index contributed by atoms with van der Waals surface area (Å²) in [4.78, 5) is 31.8. The molecule has 3 N–H and O–H groups in total. The quantitative estimate of drug-likeness (QED) is 0.764. The van der Waals surface area contributed by atoms with Crippen LogP contribution in [0.2, 0.25) is 0 Å². The van der Waals surface area contributed by atoms with Crippen LogP contribution >= 0.6 is 27.3 Å². The van der Waals surface area contributed by atoms with Gasteiger partial charge in [0.2, 0.25) is 5.91 Å². The Labute approximate surface area is 157 Å². The largest absolute Gasteiger partial charge is 0.369 e. The van der Waals surface area contributed by atoms with Gasteiger partial charge in [-0.05, 0) is 28.1 Å². The number of rotatable bonds is 5. The molecule has 0 bridgehead atoms. The van der Waals surface area contributed by atoms with Crippen molar-refractivity contribution in [3.05, 3.63) is 39.3 Å². The lowest BCUT2D eigenvalue weighted by atomic mass is 10.2. The van der Waals surface area contributed by atoms with E-state index in [1.165, 1.54) is 11.3 Å². The molecule has 1 aliphatic rings. The van der Waals surface area contributed by atoms with Crippen molar-refractivity contribution >= 4 is 50.5 Å². The Hall–Kier alpha value is -1.97. The molecule has 7 nitrogen and oxygen atoms in total. The summed E-state index contributed by atoms with van der Waals surface area (Å²) in [6, 6.07) is 7.69. The van der Waals surface area contributed by atoms with Gasteiger partial charge in [0.25, 0.3) is 5.91 Å². The third-order valence-corrected chi connectivity index (χ3v) is 5.32. The molecule has 0 unspecified atom stereocenters. The first-order valence-corrected chi connectivity index (χ1v) is 9.47. The van der Waals surface area contributed by atoms with Crippen LogP contribution in [0.15, 0.2) is 33.6 Å². The van der Waals surface area contributed by atoms with Crippen molar-refractivity contribution in [2.75, 3.05) is 42.9 Å². The minimum absolute atomic E-state index is 0.234. The molecule has 3 rings (SSSR count). The molecule has 1 aromatic carbocycles. The monoisotopic (exact) mass is 423 g/mol. The van der Waals surface area contributed by atoms with E-state index < -0.39 is 0 Å². The van der Waals surface area contributed by atoms with Crippen molar-refractivity contribution < 1.29 is 9.59 Å². The fraction of sp³-hybridized carbons (Fsp3) is 0.312. The Balaban J connectivity index is 1.69. The first kappa shape index (κ1) is 17.8. The van der Waals surface area contributed by atoms with E-state index in [0.29, 0.717) is 9.61 Å². The number of carbonyl (C=O) groups excluding carboxylic acids is 2. The minimum Gasteiger partial charge on any atom is -0.369 e. The van der Waals surface area contributed by atoms with Crippen LogP contribution in [0.3, 0.4) is 0 Å². The Morgan fingerprint density at radius 1 is 1.24 bits per heavy atom. The molecule has 1 fully saturated rings. The predicted molar refractivity (Wildman–Crippen MR) is 102 cm³/mol. The van der Waals surface area contributed by atoms with Gasteiger partial charge in [0.1, 0.15) is 5.69 Å². The highest BCUT2D eigenvalue weighted by molar-refractivity contribution is 9.11. The number of hydrogen-bond acceptors (Lipinski definition) is 6. The molecule has 2 amide bonds. The highest BCUT2D eigenvalue weighted by Crippen LogP contribution is 2.27. The molecule has 0 aliphatic carbocycles. The predicted octanol–water partition coefficient (Wildman–Crippen LogP) is 1.77. The number of para-hydroxylation sites is 2. The van der Waals surface area contributed by atoms with Crippen LogP contribution in [-0.2, 0) is 4.79 Å². The fourth-order valence-corrected chi connectivity index (χ4v) is 3.76. The summed E-state index contributed by atoms with van der Waals surface area (Å²) in [5.74, 6) is -0.544. The van der Waals surface area contributed by atoms with E-state index in [4.69, 9.17) is 5.73 Å². The van der Waals surface area contributed by atoms with Crippen LogP contribution in [-0.4, -0.2) is 54.4 Å². The molecule has 1 aromatic heterocycles. The van der Waals surface area contributed by atoms with Crippen molar-refractivity contribution in [3.8, 4) is 0 Å². The van der Waals surface area contributed by atoms with Crippen molar-refractivity contribution in [2.45, 2.75) is 0 Å². The fourth-order valence-electron chi connectivity index (χ4n) is 2.76. The Bertz CT molecular complexity index is 773. The van der Waals surface area contributed by atoms with Crippen molar-refractivity contribution in [2.24, 2.45) is 5.73 Å². The average Bonchev–Trinajstić information content (AvgIpc) is 3.02. The number of anilines is 2. The van der Waals surface area contributed by atoms with E-state index in [2.05, 4.69) is 31.1 Å². The summed E-state index contributed by atoms with van der Waals surface area (Å²) >= 11 is 4.64. The number of aromatic nitrogens is 1. The normalized spacial score (nSPS) is 15.2. The van der Waals surface area contributed by atoms with Crippen LogP contribution < -0.4 is 16.0 Å². The topological polar surface area (TPSA) is 91.6 Å². The summed E-state index contributed by atoms with van der Waals surface area (Å²) in [7, 11) is 0. The van der Waals surface area contributed by atoms with Crippen molar-refractivity contribution in [1.29, 1.82) is 0 Å². The lowest BCUT2D eigenvalue weighted by Crippen LogP contribution is -2.49. The van der Waals surface area contributed by atoms with Gasteiger partial charge in [-0.2, -0.15) is 0 Å². The SMILES string of the molecule is NC(=O)CN1CCN(c2ccccc2NC(=O)c2csc(Br)n2)CC1. The zero-order valence-electron chi connectivity index (χ0n) is 13.4. The van der Waals surface area contributed by atoms with Gasteiger partial charge in [-0.25, -0.2) is 4.98 Å². The van der Waals surface area contributed by atoms with Crippen LogP contribution in [0.1, 0.15) is 10.5 Å². The number of nitrogens with one attached hydrogen (secondary N) is 1. The number of benzene rings is 1. The molecule has 2 aromatic rings. The second-order valence-electron chi connectivity index (χ2n) is 5.69. The van der Waals surface area contributed by atoms with Gasteiger partial charge < -0.3 is 16.0 Å². The van der Waals surface area contributed by atoms with Gasteiger partial charge in [0.05, 0.1) is 17.9 Å². The van der Waals surface area contributed by atoms with Gasteiger partial charge in [0.15, 0.2) is 3.92 Å². The van der Waals surface area contributed by atoms with Crippen LogP contribution in [0.25, 0.3) is 0 Å². The third kappa shape index (κ3) is 4.56. The Morgan fingerprint density at radius 3 is 2.60 bits per heavy atom. The maximum absolute atomic E-state index is 12.4. The number of carbonyl (C=O) groups is 2. The highest BCUT2D eigenvalue weighted by atomic mass is 79.9. The van der Waals surface area contributed by atoms with Crippen molar-refractivity contribution in [1.82, 2.24) is 9.88 Å². The Morgan fingerprint density at radius 2 is 1.96 bits per heavy atom. The van der Waals surface area contributed by atoms with E-state index in [1.807, 2.05) is 29.2 Å². The van der Waals surface area contributed by atoms with E-state index in [1.54, 1.807) is 5.38 Å². The van der Waals surface area contributed by atoms with Crippen LogP contribution in [0.5, 0.6) is 0 Å². The van der Waals surface area contributed by atoms with E-state index in [9.17, 15) is 9.59 Å². The molecule has 25 heavy (non-hydrogen) atoms. The number of halogens is 1. The molecular formula is C16H18BrN5O2S. The zero-order valence-corrected chi connectivity index (χ0v) is 15.8. The lowest BCUT2D eigenvalue weighted by Gasteiger charge is -2.36.